The van der Waals surface area contributed by atoms with Crippen molar-refractivity contribution < 1.29 is 9.47 Å². The van der Waals surface area contributed by atoms with Gasteiger partial charge >= 0.3 is 0 Å². The smallest absolute Gasteiger partial charge is 0.135 e. The molecule has 0 amide bonds. The van der Waals surface area contributed by atoms with Gasteiger partial charge in [0.05, 0.1) is 18.4 Å². The van der Waals surface area contributed by atoms with Gasteiger partial charge in [0, 0.05) is 41.7 Å². The van der Waals surface area contributed by atoms with Crippen molar-refractivity contribution in [3.8, 4) is 16.9 Å². The summed E-state index contributed by atoms with van der Waals surface area (Å²) < 4.78 is 11.5. The van der Waals surface area contributed by atoms with Crippen molar-refractivity contribution >= 4 is 11.5 Å². The third kappa shape index (κ3) is 4.85. The fourth-order valence-corrected chi connectivity index (χ4v) is 4.82. The number of nitrogens with zero attached hydrogens (tertiary/aromatic N) is 4. The molecule has 34 heavy (non-hydrogen) atoms. The molecule has 3 aromatic rings. The van der Waals surface area contributed by atoms with Gasteiger partial charge in [-0.1, -0.05) is 19.9 Å². The molecule has 0 radical (unpaired) electrons. The lowest BCUT2D eigenvalue weighted by Gasteiger charge is -2.33. The van der Waals surface area contributed by atoms with Crippen molar-refractivity contribution in [3.63, 3.8) is 0 Å². The summed E-state index contributed by atoms with van der Waals surface area (Å²) in [5.41, 5.74) is 7.04. The maximum atomic E-state index is 6.14. The molecule has 1 aliphatic heterocycles. The van der Waals surface area contributed by atoms with E-state index in [1.807, 2.05) is 19.3 Å². The van der Waals surface area contributed by atoms with E-state index >= 15 is 0 Å². The molecule has 0 bridgehead atoms. The number of nitrogens with one attached hydrogen (secondary N) is 1. The van der Waals surface area contributed by atoms with Gasteiger partial charge in [0.1, 0.15) is 31.2 Å². The molecule has 0 saturated heterocycles. The minimum absolute atomic E-state index is 0.272. The summed E-state index contributed by atoms with van der Waals surface area (Å²) in [5, 5.41) is 3.26. The molecule has 7 heteroatoms. The lowest BCUT2D eigenvalue weighted by atomic mass is 9.76. The lowest BCUT2D eigenvalue weighted by molar-refractivity contribution is 0.167. The summed E-state index contributed by atoms with van der Waals surface area (Å²) in [6.45, 7) is 9.98. The number of fused-ring (bicyclic) bond motifs is 2. The molecule has 2 aromatic heterocycles. The first-order valence-electron chi connectivity index (χ1n) is 12.1. The normalized spacial score (nSPS) is 16.7. The fraction of sp³-hybridized carbons (Fsp3) is 0.444. The Morgan fingerprint density at radius 1 is 1.15 bits per heavy atom. The summed E-state index contributed by atoms with van der Waals surface area (Å²) in [4.78, 5) is 16.1. The number of rotatable bonds is 6. The quantitative estimate of drug-likeness (QED) is 0.417. The summed E-state index contributed by atoms with van der Waals surface area (Å²) in [6, 6.07) is 8.50. The predicted octanol–water partition coefficient (Wildman–Crippen LogP) is 4.86. The van der Waals surface area contributed by atoms with Crippen molar-refractivity contribution in [1.29, 1.82) is 0 Å². The maximum absolute atomic E-state index is 6.14. The number of pyridine rings is 1. The van der Waals surface area contributed by atoms with E-state index in [1.54, 1.807) is 6.33 Å². The van der Waals surface area contributed by atoms with Gasteiger partial charge in [-0.15, -0.1) is 0 Å². The number of hydrogen-bond donors (Lipinski definition) is 1. The van der Waals surface area contributed by atoms with Gasteiger partial charge in [-0.2, -0.15) is 0 Å². The van der Waals surface area contributed by atoms with Gasteiger partial charge in [-0.05, 0) is 55.4 Å². The van der Waals surface area contributed by atoms with Crippen molar-refractivity contribution in [1.82, 2.24) is 15.0 Å². The zero-order valence-corrected chi connectivity index (χ0v) is 20.3. The minimum atomic E-state index is 0.272. The first kappa shape index (κ1) is 22.6. The van der Waals surface area contributed by atoms with E-state index in [4.69, 9.17) is 14.5 Å². The molecule has 0 spiro atoms. The molecule has 0 unspecified atom stereocenters. The Labute approximate surface area is 201 Å². The number of ether oxygens (including phenoxy) is 2. The Hall–Kier alpha value is -3.19. The fourth-order valence-electron chi connectivity index (χ4n) is 4.82. The number of aryl methyl sites for hydroxylation is 1. The molecule has 0 fully saturated rings. The van der Waals surface area contributed by atoms with E-state index in [0.29, 0.717) is 19.9 Å². The Balaban J connectivity index is 1.43. The Bertz CT molecular complexity index is 1160. The standard InChI is InChI=1S/C27H33N5O2/c1-4-33-18-31-22-12-20(14-28-15-22)19-5-6-25-21(11-19)16-32(9-10-34-25)26-23-13-27(2,3)8-7-24(23)29-17-30-26/h5-6,11-12,14-15,17,31H,4,7-10,13,16,18H2,1-3H3. The molecule has 0 atom stereocenters. The van der Waals surface area contributed by atoms with Gasteiger partial charge in [-0.3, -0.25) is 4.98 Å². The monoisotopic (exact) mass is 459 g/mol. The lowest BCUT2D eigenvalue weighted by Crippen LogP contribution is -2.31. The molecule has 2 aliphatic rings. The highest BCUT2D eigenvalue weighted by Crippen LogP contribution is 2.38. The number of aromatic nitrogens is 3. The molecule has 7 nitrogen and oxygen atoms in total. The maximum Gasteiger partial charge on any atom is 0.135 e. The van der Waals surface area contributed by atoms with Crippen molar-refractivity contribution in [2.45, 2.75) is 46.6 Å². The largest absolute Gasteiger partial charge is 0.491 e. The molecular formula is C27H33N5O2. The minimum Gasteiger partial charge on any atom is -0.491 e. The van der Waals surface area contributed by atoms with E-state index in [9.17, 15) is 0 Å². The van der Waals surface area contributed by atoms with Crippen LogP contribution in [-0.2, 0) is 24.1 Å². The Morgan fingerprint density at radius 3 is 2.94 bits per heavy atom. The molecule has 0 saturated carbocycles. The highest BCUT2D eigenvalue weighted by molar-refractivity contribution is 5.69. The highest BCUT2D eigenvalue weighted by Gasteiger charge is 2.30. The van der Waals surface area contributed by atoms with Crippen LogP contribution in [0.15, 0.2) is 43.0 Å². The van der Waals surface area contributed by atoms with Crippen molar-refractivity contribution in [2.24, 2.45) is 5.41 Å². The van der Waals surface area contributed by atoms with Crippen LogP contribution in [0.4, 0.5) is 11.5 Å². The van der Waals surface area contributed by atoms with Gasteiger partial charge in [0.25, 0.3) is 0 Å². The van der Waals surface area contributed by atoms with Crippen LogP contribution in [0.1, 0.15) is 44.0 Å². The topological polar surface area (TPSA) is 72.4 Å². The summed E-state index contributed by atoms with van der Waals surface area (Å²) in [5.74, 6) is 2.00. The van der Waals surface area contributed by atoms with E-state index in [1.165, 1.54) is 11.3 Å². The van der Waals surface area contributed by atoms with Gasteiger partial charge in [0.2, 0.25) is 0 Å². The third-order valence-electron chi connectivity index (χ3n) is 6.70. The van der Waals surface area contributed by atoms with E-state index in [-0.39, 0.29) is 5.41 Å². The van der Waals surface area contributed by atoms with Crippen LogP contribution in [0.5, 0.6) is 5.75 Å². The molecule has 1 aromatic carbocycles. The second-order valence-corrected chi connectivity index (χ2v) is 9.83. The molecule has 1 aliphatic carbocycles. The first-order valence-corrected chi connectivity index (χ1v) is 12.1. The average molecular weight is 460 g/mol. The van der Waals surface area contributed by atoms with E-state index in [2.05, 4.69) is 58.3 Å². The van der Waals surface area contributed by atoms with Gasteiger partial charge < -0.3 is 19.7 Å². The third-order valence-corrected chi connectivity index (χ3v) is 6.70. The van der Waals surface area contributed by atoms with Crippen LogP contribution >= 0.6 is 0 Å². The van der Waals surface area contributed by atoms with Gasteiger partial charge in [-0.25, -0.2) is 9.97 Å². The van der Waals surface area contributed by atoms with E-state index in [0.717, 1.165) is 66.3 Å². The zero-order valence-electron chi connectivity index (χ0n) is 20.3. The van der Waals surface area contributed by atoms with E-state index < -0.39 is 0 Å². The van der Waals surface area contributed by atoms with Crippen LogP contribution in [0.25, 0.3) is 11.1 Å². The number of hydrogen-bond acceptors (Lipinski definition) is 7. The highest BCUT2D eigenvalue weighted by atomic mass is 16.5. The average Bonchev–Trinajstić information content (AvgIpc) is 3.05. The Morgan fingerprint density at radius 2 is 2.06 bits per heavy atom. The SMILES string of the molecule is CCOCNc1cncc(-c2ccc3c(c2)CN(c2ncnc4c2CC(C)(C)CC4)CCO3)c1. The van der Waals surface area contributed by atoms with Crippen LogP contribution in [0, 0.1) is 5.41 Å². The second-order valence-electron chi connectivity index (χ2n) is 9.83. The van der Waals surface area contributed by atoms with Gasteiger partial charge in [0.15, 0.2) is 0 Å². The van der Waals surface area contributed by atoms with Crippen LogP contribution in [-0.4, -0.2) is 41.4 Å². The van der Waals surface area contributed by atoms with Crippen molar-refractivity contribution in [2.75, 3.05) is 36.7 Å². The molecule has 1 N–H and O–H groups in total. The second kappa shape index (κ2) is 9.58. The van der Waals surface area contributed by atoms with Crippen LogP contribution in [0.3, 0.4) is 0 Å². The Kier molecular flexibility index (Phi) is 6.37. The summed E-state index contributed by atoms with van der Waals surface area (Å²) in [6.07, 6.45) is 8.63. The molecule has 3 heterocycles. The van der Waals surface area contributed by atoms with Crippen molar-refractivity contribution in [3.05, 3.63) is 59.8 Å². The first-order chi connectivity index (χ1) is 16.5. The zero-order chi connectivity index (χ0) is 23.5. The predicted molar refractivity (Wildman–Crippen MR) is 134 cm³/mol. The summed E-state index contributed by atoms with van der Waals surface area (Å²) in [7, 11) is 0. The summed E-state index contributed by atoms with van der Waals surface area (Å²) >= 11 is 0. The van der Waals surface area contributed by atoms with Crippen LogP contribution < -0.4 is 15.0 Å². The molecule has 178 valence electrons. The molecule has 5 rings (SSSR count). The number of anilines is 2. The molecular weight excluding hydrogens is 426 g/mol. The number of benzene rings is 1. The van der Waals surface area contributed by atoms with Crippen LogP contribution in [0.2, 0.25) is 0 Å².